The van der Waals surface area contributed by atoms with Crippen LogP contribution in [-0.2, 0) is 0 Å². The summed E-state index contributed by atoms with van der Waals surface area (Å²) in [6.45, 7) is 14.9. The first-order valence-corrected chi connectivity index (χ1v) is 10.3. The molecule has 0 aliphatic heterocycles. The van der Waals surface area contributed by atoms with Gasteiger partial charge in [0.2, 0.25) is 0 Å². The van der Waals surface area contributed by atoms with E-state index in [1.165, 1.54) is 44.9 Å². The van der Waals surface area contributed by atoms with Crippen LogP contribution in [0.15, 0.2) is 0 Å². The van der Waals surface area contributed by atoms with E-state index in [0.29, 0.717) is 0 Å². The van der Waals surface area contributed by atoms with Gasteiger partial charge < -0.3 is 0 Å². The first kappa shape index (κ1) is 26.9. The monoisotopic (exact) mass is 314 g/mol. The molecule has 0 aromatic heterocycles. The zero-order chi connectivity index (χ0) is 16.5. The summed E-state index contributed by atoms with van der Waals surface area (Å²) >= 11 is 0. The quantitative estimate of drug-likeness (QED) is 0.429. The summed E-state index contributed by atoms with van der Waals surface area (Å²) in [6, 6.07) is 0. The summed E-state index contributed by atoms with van der Waals surface area (Å²) in [5.41, 5.74) is 0. The van der Waals surface area contributed by atoms with Crippen LogP contribution in [-0.4, -0.2) is 0 Å². The molecule has 2 aliphatic rings. The van der Waals surface area contributed by atoms with E-state index in [9.17, 15) is 0 Å². The lowest BCUT2D eigenvalue weighted by atomic mass is 9.91. The highest BCUT2D eigenvalue weighted by atomic mass is 14.4. The second kappa shape index (κ2) is 21.0. The number of hydrogen-bond acceptors (Lipinski definition) is 0. The van der Waals surface area contributed by atoms with Gasteiger partial charge in [-0.05, 0) is 37.0 Å². The molecule has 2 unspecified atom stereocenters. The lowest BCUT2D eigenvalue weighted by Gasteiger charge is -2.15. The Hall–Kier alpha value is 0. The fraction of sp³-hybridized carbons (Fsp3) is 1.00. The Labute approximate surface area is 144 Å². The minimum atomic E-state index is 0. The molecule has 0 N–H and O–H groups in total. The topological polar surface area (TPSA) is 0 Å². The molecular formula is C22H50. The molecule has 0 nitrogen and oxygen atoms in total. The molecule has 22 heavy (non-hydrogen) atoms. The highest BCUT2D eigenvalue weighted by molar-refractivity contribution is 4.87. The SMILES string of the molecule is C.CC.CC.CCCCCCCCC.C[C@@H]1CC2CCC1C2. The van der Waals surface area contributed by atoms with Crippen LogP contribution in [0.4, 0.5) is 0 Å². The summed E-state index contributed by atoms with van der Waals surface area (Å²) in [6.07, 6.45) is 16.2. The van der Waals surface area contributed by atoms with Crippen LogP contribution < -0.4 is 0 Å². The van der Waals surface area contributed by atoms with Gasteiger partial charge in [-0.15, -0.1) is 0 Å². The second-order valence-electron chi connectivity index (χ2n) is 6.42. The van der Waals surface area contributed by atoms with Gasteiger partial charge in [-0.2, -0.15) is 0 Å². The third-order valence-electron chi connectivity index (χ3n) is 4.80. The van der Waals surface area contributed by atoms with Crippen molar-refractivity contribution in [1.82, 2.24) is 0 Å². The van der Waals surface area contributed by atoms with Crippen molar-refractivity contribution in [2.45, 2.75) is 127 Å². The summed E-state index contributed by atoms with van der Waals surface area (Å²) in [4.78, 5) is 0. The lowest BCUT2D eigenvalue weighted by Crippen LogP contribution is -2.04. The van der Waals surface area contributed by atoms with Crippen LogP contribution in [0.3, 0.4) is 0 Å². The van der Waals surface area contributed by atoms with Gasteiger partial charge in [0.05, 0.1) is 0 Å². The van der Waals surface area contributed by atoms with Gasteiger partial charge in [-0.25, -0.2) is 0 Å². The van der Waals surface area contributed by atoms with Gasteiger partial charge in [-0.1, -0.05) is 107 Å². The Morgan fingerprint density at radius 3 is 1.36 bits per heavy atom. The Morgan fingerprint density at radius 2 is 1.14 bits per heavy atom. The molecule has 0 radical (unpaired) electrons. The van der Waals surface area contributed by atoms with Gasteiger partial charge in [0.15, 0.2) is 0 Å². The van der Waals surface area contributed by atoms with E-state index in [2.05, 4.69) is 20.8 Å². The van der Waals surface area contributed by atoms with Crippen LogP contribution in [0.25, 0.3) is 0 Å². The van der Waals surface area contributed by atoms with Crippen molar-refractivity contribution in [3.63, 3.8) is 0 Å². The minimum Gasteiger partial charge on any atom is -0.0776 e. The molecule has 0 spiro atoms. The van der Waals surface area contributed by atoms with Crippen LogP contribution in [0.1, 0.15) is 127 Å². The number of unbranched alkanes of at least 4 members (excludes halogenated alkanes) is 6. The van der Waals surface area contributed by atoms with Crippen LogP contribution in [0.2, 0.25) is 0 Å². The van der Waals surface area contributed by atoms with Crippen LogP contribution in [0.5, 0.6) is 0 Å². The number of fused-ring (bicyclic) bond motifs is 2. The lowest BCUT2D eigenvalue weighted by molar-refractivity contribution is 0.360. The van der Waals surface area contributed by atoms with E-state index in [1.807, 2.05) is 27.7 Å². The van der Waals surface area contributed by atoms with Gasteiger partial charge in [0, 0.05) is 0 Å². The van der Waals surface area contributed by atoms with E-state index >= 15 is 0 Å². The molecule has 0 amide bonds. The van der Waals surface area contributed by atoms with E-state index in [0.717, 1.165) is 17.8 Å². The maximum Gasteiger partial charge on any atom is -0.0386 e. The maximum atomic E-state index is 2.42. The Bertz CT molecular complexity index is 165. The largest absolute Gasteiger partial charge is 0.0776 e. The normalized spacial score (nSPS) is 23.9. The van der Waals surface area contributed by atoms with Gasteiger partial charge >= 0.3 is 0 Å². The van der Waals surface area contributed by atoms with Crippen molar-refractivity contribution >= 4 is 0 Å². The Balaban J connectivity index is -0.000000258. The molecule has 0 heteroatoms. The number of hydrogen-bond donors (Lipinski definition) is 0. The molecule has 0 aromatic carbocycles. The minimum absolute atomic E-state index is 0. The van der Waals surface area contributed by atoms with Crippen molar-refractivity contribution in [1.29, 1.82) is 0 Å². The van der Waals surface area contributed by atoms with Gasteiger partial charge in [0.1, 0.15) is 0 Å². The van der Waals surface area contributed by atoms with E-state index < -0.39 is 0 Å². The Kier molecular flexibility index (Phi) is 25.7. The first-order chi connectivity index (χ1) is 10.3. The van der Waals surface area contributed by atoms with Crippen LogP contribution >= 0.6 is 0 Å². The molecule has 2 bridgehead atoms. The molecule has 2 saturated carbocycles. The highest BCUT2D eigenvalue weighted by Crippen LogP contribution is 2.47. The molecule has 2 rings (SSSR count). The van der Waals surface area contributed by atoms with Crippen molar-refractivity contribution < 1.29 is 0 Å². The van der Waals surface area contributed by atoms with Gasteiger partial charge in [-0.3, -0.25) is 0 Å². The predicted molar refractivity (Wildman–Crippen MR) is 108 cm³/mol. The fourth-order valence-electron chi connectivity index (χ4n) is 3.59. The third kappa shape index (κ3) is 13.6. The Morgan fingerprint density at radius 1 is 0.682 bits per heavy atom. The average molecular weight is 315 g/mol. The summed E-state index contributed by atoms with van der Waals surface area (Å²) in [5.74, 6) is 3.36. The maximum absolute atomic E-state index is 2.42. The van der Waals surface area contributed by atoms with E-state index in [-0.39, 0.29) is 7.43 Å². The molecule has 2 aliphatic carbocycles. The van der Waals surface area contributed by atoms with Crippen molar-refractivity contribution in [2.24, 2.45) is 17.8 Å². The molecule has 138 valence electrons. The van der Waals surface area contributed by atoms with E-state index in [1.54, 1.807) is 25.7 Å². The smallest absolute Gasteiger partial charge is 0.0386 e. The highest BCUT2D eigenvalue weighted by Gasteiger charge is 2.36. The third-order valence-corrected chi connectivity index (χ3v) is 4.80. The predicted octanol–water partition coefficient (Wildman–Crippen LogP) is 8.89. The zero-order valence-corrected chi connectivity index (χ0v) is 16.5. The molecule has 0 saturated heterocycles. The fourth-order valence-corrected chi connectivity index (χ4v) is 3.59. The standard InChI is InChI=1S/C9H20.C8H14.2C2H6.CH4/c1-3-5-7-9-8-6-4-2;1-6-4-7-2-3-8(6)5-7;2*1-2;/h3-9H2,1-2H3;6-8H,2-5H2,1H3;2*1-2H3;1H4/t;6-,7?,8?;;;/m.1.../s1. The van der Waals surface area contributed by atoms with Crippen molar-refractivity contribution in [2.75, 3.05) is 0 Å². The van der Waals surface area contributed by atoms with Crippen molar-refractivity contribution in [3.8, 4) is 0 Å². The van der Waals surface area contributed by atoms with E-state index in [4.69, 9.17) is 0 Å². The van der Waals surface area contributed by atoms with Gasteiger partial charge in [0.25, 0.3) is 0 Å². The average Bonchev–Trinajstić information content (AvgIpc) is 3.14. The van der Waals surface area contributed by atoms with Crippen molar-refractivity contribution in [3.05, 3.63) is 0 Å². The molecular weight excluding hydrogens is 264 g/mol. The molecule has 0 aromatic rings. The zero-order valence-electron chi connectivity index (χ0n) is 16.5. The summed E-state index contributed by atoms with van der Waals surface area (Å²) in [5, 5.41) is 0. The molecule has 2 fully saturated rings. The number of rotatable bonds is 6. The second-order valence-corrected chi connectivity index (χ2v) is 6.42. The summed E-state index contributed by atoms with van der Waals surface area (Å²) < 4.78 is 0. The van der Waals surface area contributed by atoms with Crippen LogP contribution in [0, 0.1) is 17.8 Å². The molecule has 3 atom stereocenters. The first-order valence-electron chi connectivity index (χ1n) is 10.3. The summed E-state index contributed by atoms with van der Waals surface area (Å²) in [7, 11) is 0. The molecule has 0 heterocycles.